The second-order valence-corrected chi connectivity index (χ2v) is 2.82. The van der Waals surface area contributed by atoms with Crippen molar-refractivity contribution in [3.63, 3.8) is 0 Å². The summed E-state index contributed by atoms with van der Waals surface area (Å²) in [6.07, 6.45) is 3.91. The average Bonchev–Trinajstić information content (AvgIpc) is 2.50. The number of aryl methyl sites for hydroxylation is 1. The Labute approximate surface area is 70.8 Å². The summed E-state index contributed by atoms with van der Waals surface area (Å²) < 4.78 is 0. The molecule has 0 aromatic carbocycles. The molecule has 0 aliphatic carbocycles. The van der Waals surface area contributed by atoms with E-state index in [1.807, 2.05) is 6.07 Å². The van der Waals surface area contributed by atoms with Crippen molar-refractivity contribution in [1.82, 2.24) is 15.2 Å². The van der Waals surface area contributed by atoms with Crippen LogP contribution in [0.3, 0.4) is 0 Å². The number of pyridine rings is 1. The van der Waals surface area contributed by atoms with Crippen LogP contribution >= 0.6 is 0 Å². The molecule has 0 amide bonds. The van der Waals surface area contributed by atoms with Crippen molar-refractivity contribution in [2.24, 2.45) is 0 Å². The number of fused-ring (bicyclic) bond motifs is 1. The zero-order valence-corrected chi connectivity index (χ0v) is 7.04. The van der Waals surface area contributed by atoms with Crippen LogP contribution in [-0.4, -0.2) is 15.2 Å². The van der Waals surface area contributed by atoms with Gasteiger partial charge in [0.05, 0.1) is 5.69 Å². The van der Waals surface area contributed by atoms with Crippen molar-refractivity contribution in [2.45, 2.75) is 19.8 Å². The van der Waals surface area contributed by atoms with Crippen molar-refractivity contribution in [1.29, 1.82) is 0 Å². The average molecular weight is 161 g/mol. The van der Waals surface area contributed by atoms with E-state index >= 15 is 0 Å². The lowest BCUT2D eigenvalue weighted by molar-refractivity contribution is 0.873. The molecular formula is C9H11N3. The summed E-state index contributed by atoms with van der Waals surface area (Å²) in [5, 5.41) is 8.26. The van der Waals surface area contributed by atoms with Crippen molar-refractivity contribution in [2.75, 3.05) is 0 Å². The smallest absolute Gasteiger partial charge is 0.155 e. The topological polar surface area (TPSA) is 41.6 Å². The van der Waals surface area contributed by atoms with E-state index in [-0.39, 0.29) is 0 Å². The molecule has 1 N–H and O–H groups in total. The van der Waals surface area contributed by atoms with Gasteiger partial charge in [0.1, 0.15) is 0 Å². The van der Waals surface area contributed by atoms with Gasteiger partial charge in [-0.1, -0.05) is 13.3 Å². The van der Waals surface area contributed by atoms with Crippen molar-refractivity contribution >= 4 is 11.0 Å². The van der Waals surface area contributed by atoms with E-state index in [4.69, 9.17) is 0 Å². The van der Waals surface area contributed by atoms with Crippen LogP contribution < -0.4 is 0 Å². The molecule has 0 fully saturated rings. The lowest BCUT2D eigenvalue weighted by Gasteiger charge is -1.90. The van der Waals surface area contributed by atoms with Crippen LogP contribution in [0.25, 0.3) is 11.0 Å². The van der Waals surface area contributed by atoms with Gasteiger partial charge in [-0.25, -0.2) is 4.98 Å². The molecule has 2 aromatic rings. The van der Waals surface area contributed by atoms with Crippen LogP contribution in [0, 0.1) is 0 Å². The molecule has 3 nitrogen and oxygen atoms in total. The Morgan fingerprint density at radius 1 is 1.50 bits per heavy atom. The lowest BCUT2D eigenvalue weighted by Crippen LogP contribution is -1.82. The van der Waals surface area contributed by atoms with E-state index in [1.165, 1.54) is 0 Å². The maximum atomic E-state index is 4.20. The third-order valence-corrected chi connectivity index (χ3v) is 1.90. The Hall–Kier alpha value is -1.38. The first-order valence-corrected chi connectivity index (χ1v) is 4.20. The molecule has 0 unspecified atom stereocenters. The van der Waals surface area contributed by atoms with Gasteiger partial charge in [-0.3, -0.25) is 5.10 Å². The minimum absolute atomic E-state index is 0.890. The quantitative estimate of drug-likeness (QED) is 0.731. The maximum absolute atomic E-state index is 4.20. The van der Waals surface area contributed by atoms with Gasteiger partial charge >= 0.3 is 0 Å². The summed E-state index contributed by atoms with van der Waals surface area (Å²) in [4.78, 5) is 4.17. The van der Waals surface area contributed by atoms with Crippen LogP contribution in [0.5, 0.6) is 0 Å². The highest BCUT2D eigenvalue weighted by Crippen LogP contribution is 2.13. The highest BCUT2D eigenvalue weighted by Gasteiger charge is 2.02. The zero-order chi connectivity index (χ0) is 8.39. The Morgan fingerprint density at radius 2 is 2.42 bits per heavy atom. The third-order valence-electron chi connectivity index (χ3n) is 1.90. The van der Waals surface area contributed by atoms with Crippen molar-refractivity contribution in [3.8, 4) is 0 Å². The number of nitrogens with one attached hydrogen (secondary N) is 1. The summed E-state index contributed by atoms with van der Waals surface area (Å²) in [5.41, 5.74) is 2.02. The van der Waals surface area contributed by atoms with Gasteiger partial charge in [0, 0.05) is 11.6 Å². The van der Waals surface area contributed by atoms with Gasteiger partial charge in [0.15, 0.2) is 5.65 Å². The minimum atomic E-state index is 0.890. The molecule has 0 atom stereocenters. The first kappa shape index (κ1) is 7.28. The standard InChI is InChI=1S/C9H11N3/c1-2-4-8-7-5-3-6-10-9(7)12-11-8/h3,5-6H,2,4H2,1H3,(H,10,11,12). The van der Waals surface area contributed by atoms with E-state index in [9.17, 15) is 0 Å². The molecule has 2 aromatic heterocycles. The molecule has 0 saturated carbocycles. The molecule has 0 radical (unpaired) electrons. The summed E-state index contributed by atoms with van der Waals surface area (Å²) in [7, 11) is 0. The van der Waals surface area contributed by atoms with Crippen LogP contribution in [-0.2, 0) is 6.42 Å². The van der Waals surface area contributed by atoms with Gasteiger partial charge < -0.3 is 0 Å². The van der Waals surface area contributed by atoms with Gasteiger partial charge in [0.2, 0.25) is 0 Å². The molecule has 3 heteroatoms. The highest BCUT2D eigenvalue weighted by molar-refractivity contribution is 5.77. The molecule has 2 heterocycles. The molecule has 0 spiro atoms. The number of hydrogen-bond donors (Lipinski definition) is 1. The summed E-state index contributed by atoms with van der Waals surface area (Å²) >= 11 is 0. The van der Waals surface area contributed by atoms with Gasteiger partial charge in [-0.15, -0.1) is 0 Å². The largest absolute Gasteiger partial charge is 0.261 e. The second kappa shape index (κ2) is 2.93. The molecule has 0 aliphatic heterocycles. The Kier molecular flexibility index (Phi) is 1.78. The fraction of sp³-hybridized carbons (Fsp3) is 0.333. The molecular weight excluding hydrogens is 150 g/mol. The van der Waals surface area contributed by atoms with Crippen LogP contribution in [0.4, 0.5) is 0 Å². The van der Waals surface area contributed by atoms with E-state index < -0.39 is 0 Å². The van der Waals surface area contributed by atoms with Crippen LogP contribution in [0.15, 0.2) is 18.3 Å². The molecule has 2 rings (SSSR count). The van der Waals surface area contributed by atoms with Gasteiger partial charge in [-0.2, -0.15) is 5.10 Å². The fourth-order valence-electron chi connectivity index (χ4n) is 1.34. The van der Waals surface area contributed by atoms with Gasteiger partial charge in [-0.05, 0) is 18.6 Å². The van der Waals surface area contributed by atoms with E-state index in [0.717, 1.165) is 29.6 Å². The number of hydrogen-bond acceptors (Lipinski definition) is 2. The molecule has 62 valence electrons. The number of nitrogens with zero attached hydrogens (tertiary/aromatic N) is 2. The summed E-state index contributed by atoms with van der Waals surface area (Å²) in [6.45, 7) is 2.15. The van der Waals surface area contributed by atoms with Crippen molar-refractivity contribution in [3.05, 3.63) is 24.0 Å². The first-order valence-electron chi connectivity index (χ1n) is 4.20. The second-order valence-electron chi connectivity index (χ2n) is 2.82. The zero-order valence-electron chi connectivity index (χ0n) is 7.04. The van der Waals surface area contributed by atoms with E-state index in [0.29, 0.717) is 0 Å². The highest BCUT2D eigenvalue weighted by atomic mass is 15.1. The minimum Gasteiger partial charge on any atom is -0.261 e. The maximum Gasteiger partial charge on any atom is 0.155 e. The van der Waals surface area contributed by atoms with Crippen molar-refractivity contribution < 1.29 is 0 Å². The molecule has 12 heavy (non-hydrogen) atoms. The molecule has 0 saturated heterocycles. The van der Waals surface area contributed by atoms with E-state index in [1.54, 1.807) is 6.20 Å². The Bertz CT molecular complexity index is 378. The molecule has 0 bridgehead atoms. The summed E-state index contributed by atoms with van der Waals surface area (Å²) in [5.74, 6) is 0. The SMILES string of the molecule is CCCc1n[nH]c2ncccc12. The predicted octanol–water partition coefficient (Wildman–Crippen LogP) is 1.91. The van der Waals surface area contributed by atoms with Crippen LogP contribution in [0.1, 0.15) is 19.0 Å². The normalized spacial score (nSPS) is 10.8. The monoisotopic (exact) mass is 161 g/mol. The number of H-pyrrole nitrogens is 1. The summed E-state index contributed by atoms with van der Waals surface area (Å²) in [6, 6.07) is 3.99. The number of aromatic nitrogens is 3. The van der Waals surface area contributed by atoms with Gasteiger partial charge in [0.25, 0.3) is 0 Å². The van der Waals surface area contributed by atoms with Crippen LogP contribution in [0.2, 0.25) is 0 Å². The fourth-order valence-corrected chi connectivity index (χ4v) is 1.34. The Morgan fingerprint density at radius 3 is 3.25 bits per heavy atom. The predicted molar refractivity (Wildman–Crippen MR) is 47.9 cm³/mol. The lowest BCUT2D eigenvalue weighted by atomic mass is 10.2. The third kappa shape index (κ3) is 1.07. The number of aromatic amines is 1. The number of rotatable bonds is 2. The molecule has 0 aliphatic rings. The Balaban J connectivity index is 2.55. The van der Waals surface area contributed by atoms with E-state index in [2.05, 4.69) is 28.2 Å². The first-order chi connectivity index (χ1) is 5.92.